The fraction of sp³-hybridized carbons (Fsp3) is 0.800. The van der Waals surface area contributed by atoms with Crippen molar-refractivity contribution in [2.24, 2.45) is 0 Å². The van der Waals surface area contributed by atoms with Crippen LogP contribution in [0.25, 0.3) is 0 Å². The van der Waals surface area contributed by atoms with Gasteiger partial charge in [-0.2, -0.15) is 0 Å². The maximum absolute atomic E-state index is 11.6. The topological polar surface area (TPSA) is 52.7 Å². The Kier molecular flexibility index (Phi) is 5.74. The molecule has 5 nitrogen and oxygen atoms in total. The first-order valence-electron chi connectivity index (χ1n) is 5.14. The molecule has 0 aliphatic rings. The Bertz CT molecular complexity index is 227. The van der Waals surface area contributed by atoms with Gasteiger partial charge in [-0.05, 0) is 20.8 Å². The van der Waals surface area contributed by atoms with Gasteiger partial charge in [0.2, 0.25) is 5.91 Å². The van der Waals surface area contributed by atoms with Crippen LogP contribution in [0.4, 0.5) is 4.79 Å². The molecule has 3 amide bonds. The van der Waals surface area contributed by atoms with E-state index in [1.54, 1.807) is 14.1 Å². The Morgan fingerprint density at radius 2 is 1.80 bits per heavy atom. The normalized spacial score (nSPS) is 10.0. The monoisotopic (exact) mass is 215 g/mol. The third-order valence-corrected chi connectivity index (χ3v) is 1.82. The molecule has 15 heavy (non-hydrogen) atoms. The Morgan fingerprint density at radius 3 is 2.13 bits per heavy atom. The van der Waals surface area contributed by atoms with Crippen molar-refractivity contribution in [3.05, 3.63) is 0 Å². The minimum absolute atomic E-state index is 0.102. The van der Waals surface area contributed by atoms with Crippen molar-refractivity contribution in [3.63, 3.8) is 0 Å². The van der Waals surface area contributed by atoms with Gasteiger partial charge in [-0.3, -0.25) is 4.79 Å². The van der Waals surface area contributed by atoms with Crippen LogP contribution in [0, 0.1) is 0 Å². The lowest BCUT2D eigenvalue weighted by molar-refractivity contribution is -0.122. The second-order valence-corrected chi connectivity index (χ2v) is 3.91. The summed E-state index contributed by atoms with van der Waals surface area (Å²) in [6.07, 6.45) is 0. The molecule has 0 aliphatic carbocycles. The van der Waals surface area contributed by atoms with Gasteiger partial charge in [-0.25, -0.2) is 4.79 Å². The molecular formula is C10H21N3O2. The third-order valence-electron chi connectivity index (χ3n) is 1.82. The summed E-state index contributed by atoms with van der Waals surface area (Å²) in [6.45, 7) is 6.28. The first-order valence-corrected chi connectivity index (χ1v) is 5.14. The molecule has 0 aromatic heterocycles. The molecule has 0 rings (SSSR count). The van der Waals surface area contributed by atoms with Crippen LogP contribution < -0.4 is 5.32 Å². The van der Waals surface area contributed by atoms with Crippen LogP contribution in [0.5, 0.6) is 0 Å². The van der Waals surface area contributed by atoms with Crippen LogP contribution in [0.2, 0.25) is 0 Å². The number of amides is 3. The number of nitrogens with one attached hydrogen (secondary N) is 1. The van der Waals surface area contributed by atoms with E-state index in [9.17, 15) is 9.59 Å². The predicted octanol–water partition coefficient (Wildman–Crippen LogP) is 0.515. The van der Waals surface area contributed by atoms with E-state index < -0.39 is 0 Å². The van der Waals surface area contributed by atoms with Crippen LogP contribution in [-0.4, -0.2) is 55.0 Å². The molecule has 1 N–H and O–H groups in total. The minimum Gasteiger partial charge on any atom is -0.352 e. The SMILES string of the molecule is CCN(CC(=O)NC(C)C)C(=O)N(C)C. The Balaban J connectivity index is 4.21. The van der Waals surface area contributed by atoms with Gasteiger partial charge in [-0.1, -0.05) is 0 Å². The maximum atomic E-state index is 11.6. The predicted molar refractivity (Wildman–Crippen MR) is 59.6 cm³/mol. The lowest BCUT2D eigenvalue weighted by Gasteiger charge is -2.24. The van der Waals surface area contributed by atoms with Gasteiger partial charge in [0.1, 0.15) is 6.54 Å². The molecule has 0 heterocycles. The highest BCUT2D eigenvalue weighted by molar-refractivity contribution is 5.84. The van der Waals surface area contributed by atoms with E-state index in [-0.39, 0.29) is 24.5 Å². The lowest BCUT2D eigenvalue weighted by Crippen LogP contribution is -2.46. The summed E-state index contributed by atoms with van der Waals surface area (Å²) < 4.78 is 0. The van der Waals surface area contributed by atoms with Gasteiger partial charge in [0.25, 0.3) is 0 Å². The molecule has 0 radical (unpaired) electrons. The van der Waals surface area contributed by atoms with Crippen LogP contribution in [0.3, 0.4) is 0 Å². The summed E-state index contributed by atoms with van der Waals surface area (Å²) in [5.41, 5.74) is 0. The van der Waals surface area contributed by atoms with Crippen molar-refractivity contribution in [2.75, 3.05) is 27.2 Å². The van der Waals surface area contributed by atoms with E-state index in [0.29, 0.717) is 6.54 Å². The van der Waals surface area contributed by atoms with Gasteiger partial charge >= 0.3 is 6.03 Å². The Morgan fingerprint density at radius 1 is 1.27 bits per heavy atom. The first kappa shape index (κ1) is 13.7. The molecule has 5 heteroatoms. The van der Waals surface area contributed by atoms with Crippen molar-refractivity contribution in [1.29, 1.82) is 0 Å². The summed E-state index contributed by atoms with van der Waals surface area (Å²) in [5.74, 6) is -0.123. The molecular weight excluding hydrogens is 194 g/mol. The first-order chi connectivity index (χ1) is 6.88. The highest BCUT2D eigenvalue weighted by atomic mass is 16.2. The summed E-state index contributed by atoms with van der Waals surface area (Å²) in [5, 5.41) is 2.75. The Labute approximate surface area is 91.4 Å². The molecule has 0 saturated carbocycles. The second-order valence-electron chi connectivity index (χ2n) is 3.91. The highest BCUT2D eigenvalue weighted by Gasteiger charge is 2.16. The van der Waals surface area contributed by atoms with Gasteiger partial charge in [0, 0.05) is 26.7 Å². The van der Waals surface area contributed by atoms with Crippen molar-refractivity contribution >= 4 is 11.9 Å². The van der Waals surface area contributed by atoms with Gasteiger partial charge in [0.05, 0.1) is 0 Å². The number of urea groups is 1. The van der Waals surface area contributed by atoms with E-state index >= 15 is 0 Å². The average Bonchev–Trinajstić information content (AvgIpc) is 2.11. The molecule has 0 atom stereocenters. The number of hydrogen-bond donors (Lipinski definition) is 1. The number of nitrogens with zero attached hydrogens (tertiary/aromatic N) is 2. The molecule has 0 spiro atoms. The number of rotatable bonds is 4. The number of carbonyl (C=O) groups is 2. The van der Waals surface area contributed by atoms with Gasteiger partial charge in [0.15, 0.2) is 0 Å². The zero-order valence-corrected chi connectivity index (χ0v) is 10.2. The number of hydrogen-bond acceptors (Lipinski definition) is 2. The minimum atomic E-state index is -0.142. The van der Waals surface area contributed by atoms with Crippen LogP contribution >= 0.6 is 0 Å². The molecule has 0 aliphatic heterocycles. The summed E-state index contributed by atoms with van der Waals surface area (Å²) in [7, 11) is 3.34. The van der Waals surface area contributed by atoms with E-state index in [1.165, 1.54) is 9.80 Å². The summed E-state index contributed by atoms with van der Waals surface area (Å²) in [6, 6.07) is -0.0397. The number of carbonyl (C=O) groups excluding carboxylic acids is 2. The largest absolute Gasteiger partial charge is 0.352 e. The van der Waals surface area contributed by atoms with Crippen LogP contribution in [0.1, 0.15) is 20.8 Å². The fourth-order valence-electron chi connectivity index (χ4n) is 1.14. The quantitative estimate of drug-likeness (QED) is 0.743. The van der Waals surface area contributed by atoms with Crippen LogP contribution in [0.15, 0.2) is 0 Å². The standard InChI is InChI=1S/C10H21N3O2/c1-6-13(10(15)12(4)5)7-9(14)11-8(2)3/h8H,6-7H2,1-5H3,(H,11,14). The zero-order valence-electron chi connectivity index (χ0n) is 10.2. The van der Waals surface area contributed by atoms with E-state index in [1.807, 2.05) is 20.8 Å². The molecule has 0 saturated heterocycles. The summed E-state index contributed by atoms with van der Waals surface area (Å²) >= 11 is 0. The summed E-state index contributed by atoms with van der Waals surface area (Å²) in [4.78, 5) is 26.0. The molecule has 0 fully saturated rings. The van der Waals surface area contributed by atoms with E-state index in [4.69, 9.17) is 0 Å². The highest BCUT2D eigenvalue weighted by Crippen LogP contribution is 1.94. The number of likely N-dealkylation sites (N-methyl/N-ethyl adjacent to an activating group) is 1. The fourth-order valence-corrected chi connectivity index (χ4v) is 1.14. The lowest BCUT2D eigenvalue weighted by atomic mass is 10.4. The molecule has 0 aromatic rings. The zero-order chi connectivity index (χ0) is 12.0. The van der Waals surface area contributed by atoms with Crippen molar-refractivity contribution in [2.45, 2.75) is 26.8 Å². The van der Waals surface area contributed by atoms with Gasteiger partial charge < -0.3 is 15.1 Å². The molecule has 0 bridgehead atoms. The molecule has 0 unspecified atom stereocenters. The molecule has 88 valence electrons. The Hall–Kier alpha value is -1.26. The maximum Gasteiger partial charge on any atom is 0.319 e. The van der Waals surface area contributed by atoms with E-state index in [0.717, 1.165) is 0 Å². The third kappa shape index (κ3) is 5.24. The van der Waals surface area contributed by atoms with Gasteiger partial charge in [-0.15, -0.1) is 0 Å². The van der Waals surface area contributed by atoms with E-state index in [2.05, 4.69) is 5.32 Å². The smallest absolute Gasteiger partial charge is 0.319 e. The second kappa shape index (κ2) is 6.27. The van der Waals surface area contributed by atoms with Crippen molar-refractivity contribution in [1.82, 2.24) is 15.1 Å². The molecule has 0 aromatic carbocycles. The van der Waals surface area contributed by atoms with Crippen molar-refractivity contribution < 1.29 is 9.59 Å². The average molecular weight is 215 g/mol. The van der Waals surface area contributed by atoms with Crippen LogP contribution in [-0.2, 0) is 4.79 Å². The van der Waals surface area contributed by atoms with Crippen molar-refractivity contribution in [3.8, 4) is 0 Å².